The van der Waals surface area contributed by atoms with Gasteiger partial charge in [-0.3, -0.25) is 14.3 Å². The van der Waals surface area contributed by atoms with Gasteiger partial charge >= 0.3 is 29.6 Å². The van der Waals surface area contributed by atoms with Gasteiger partial charge in [0.05, 0.1) is 7.11 Å². The maximum Gasteiger partial charge on any atom is 1.00 e. The molecule has 0 saturated carbocycles. The third-order valence-electron chi connectivity index (χ3n) is 5.51. The average molecular weight is 550 g/mol. The third-order valence-corrected chi connectivity index (χ3v) is 6.00. The van der Waals surface area contributed by atoms with Crippen molar-refractivity contribution < 1.29 is 66.3 Å². The first-order valence-corrected chi connectivity index (χ1v) is 12.5. The van der Waals surface area contributed by atoms with Gasteiger partial charge in [-0.05, 0) is 59.7 Å². The summed E-state index contributed by atoms with van der Waals surface area (Å²) in [6.07, 6.45) is 0.110. The van der Waals surface area contributed by atoms with E-state index < -0.39 is 28.2 Å². The molecule has 0 radical (unpaired) electrons. The first-order chi connectivity index (χ1) is 17.7. The number of benzene rings is 3. The summed E-state index contributed by atoms with van der Waals surface area (Å²) < 4.78 is 50.4. The zero-order chi connectivity index (χ0) is 26.4. The third kappa shape index (κ3) is 8.10. The minimum atomic E-state index is -4.66. The Balaban J connectivity index is 0.00000400. The van der Waals surface area contributed by atoms with E-state index in [-0.39, 0.29) is 55.0 Å². The van der Waals surface area contributed by atoms with Crippen LogP contribution >= 0.6 is 0 Å². The summed E-state index contributed by atoms with van der Waals surface area (Å²) in [5.41, 5.74) is 1.85. The molecule has 1 heterocycles. The van der Waals surface area contributed by atoms with Crippen LogP contribution in [0.4, 0.5) is 5.69 Å². The number of fused-ring (bicyclic) bond motifs is 1. The Morgan fingerprint density at radius 3 is 2.29 bits per heavy atom. The molecule has 0 saturated heterocycles. The molecular weight excluding hydrogens is 525 g/mol. The molecule has 3 aromatic rings. The second kappa shape index (κ2) is 13.0. The van der Waals surface area contributed by atoms with E-state index in [1.807, 2.05) is 4.72 Å². The molecule has 194 valence electrons. The number of ether oxygens (including phenoxy) is 3. The summed E-state index contributed by atoms with van der Waals surface area (Å²) in [5.74, 6) is 0.918. The van der Waals surface area contributed by atoms with Crippen LogP contribution in [-0.2, 0) is 28.1 Å². The molecule has 13 heteroatoms. The van der Waals surface area contributed by atoms with E-state index in [4.69, 9.17) is 14.2 Å². The summed E-state index contributed by atoms with van der Waals surface area (Å²) >= 11 is 0. The van der Waals surface area contributed by atoms with Crippen LogP contribution < -0.4 is 59.1 Å². The number of anilines is 1. The van der Waals surface area contributed by atoms with Crippen molar-refractivity contribution in [2.75, 3.05) is 18.6 Å². The number of hydrogen-bond donors (Lipinski definition) is 3. The van der Waals surface area contributed by atoms with E-state index in [9.17, 15) is 22.6 Å². The Hall–Kier alpha value is -3.29. The van der Waals surface area contributed by atoms with Crippen molar-refractivity contribution in [1.82, 2.24) is 10.6 Å². The Morgan fingerprint density at radius 2 is 1.63 bits per heavy atom. The molecule has 0 bridgehead atoms. The molecule has 0 aromatic heterocycles. The van der Waals surface area contributed by atoms with Crippen LogP contribution in [0.1, 0.15) is 21.5 Å². The second-order valence-corrected chi connectivity index (χ2v) is 9.23. The van der Waals surface area contributed by atoms with Crippen molar-refractivity contribution in [3.63, 3.8) is 0 Å². The number of methoxy groups -OCH3 is 1. The van der Waals surface area contributed by atoms with Crippen molar-refractivity contribution in [2.24, 2.45) is 0 Å². The van der Waals surface area contributed by atoms with Crippen molar-refractivity contribution in [3.8, 4) is 17.2 Å². The molecule has 3 N–H and O–H groups in total. The molecule has 0 fully saturated rings. The van der Waals surface area contributed by atoms with E-state index in [1.165, 1.54) is 19.2 Å². The van der Waals surface area contributed by atoms with Gasteiger partial charge in [-0.15, -0.1) is 0 Å². The standard InChI is InChI=1S/C25H25N3O8S.Na/c1-34-20-9-5-18(6-10-20)24(29)27-21(12-16-2-7-19(8-3-16)28-37(31,32)33)25(30)26-14-17-4-11-22-23(13-17)36-15-35-22;/h2-11,13,21,28H,12,14-15H2,1H3,(H,26,30)(H,27,29)(H,31,32,33);/q;+1/p-1. The summed E-state index contributed by atoms with van der Waals surface area (Å²) in [6, 6.07) is 16.7. The van der Waals surface area contributed by atoms with Crippen LogP contribution in [0.2, 0.25) is 0 Å². The fourth-order valence-corrected chi connectivity index (χ4v) is 4.07. The molecule has 0 aliphatic carbocycles. The number of hydrogen-bond acceptors (Lipinski definition) is 8. The summed E-state index contributed by atoms with van der Waals surface area (Å²) in [6.45, 7) is 0.328. The predicted molar refractivity (Wildman–Crippen MR) is 132 cm³/mol. The average Bonchev–Trinajstić information content (AvgIpc) is 3.35. The molecule has 0 spiro atoms. The van der Waals surface area contributed by atoms with Gasteiger partial charge < -0.3 is 29.4 Å². The summed E-state index contributed by atoms with van der Waals surface area (Å²) in [4.78, 5) is 26.0. The van der Waals surface area contributed by atoms with Crippen molar-refractivity contribution >= 4 is 27.8 Å². The van der Waals surface area contributed by atoms with Gasteiger partial charge in [0.15, 0.2) is 21.8 Å². The molecule has 11 nitrogen and oxygen atoms in total. The quantitative estimate of drug-likeness (QED) is 0.214. The van der Waals surface area contributed by atoms with Gasteiger partial charge in [0.1, 0.15) is 11.8 Å². The first-order valence-electron chi connectivity index (χ1n) is 11.1. The van der Waals surface area contributed by atoms with Gasteiger partial charge in [-0.1, -0.05) is 18.2 Å². The van der Waals surface area contributed by atoms with Gasteiger partial charge in [0, 0.05) is 24.2 Å². The number of amides is 2. The fraction of sp³-hybridized carbons (Fsp3) is 0.200. The van der Waals surface area contributed by atoms with Crippen molar-refractivity contribution in [2.45, 2.75) is 19.0 Å². The molecule has 1 unspecified atom stereocenters. The van der Waals surface area contributed by atoms with Crippen LogP contribution in [0.15, 0.2) is 66.7 Å². The number of carbonyl (C=O) groups is 2. The molecular formula is C25H24N3NaO8S. The van der Waals surface area contributed by atoms with Gasteiger partial charge in [0.2, 0.25) is 12.7 Å². The monoisotopic (exact) mass is 549 g/mol. The maximum atomic E-state index is 13.1. The molecule has 4 rings (SSSR count). The van der Waals surface area contributed by atoms with Crippen molar-refractivity contribution in [3.05, 3.63) is 83.4 Å². The zero-order valence-electron chi connectivity index (χ0n) is 20.7. The summed E-state index contributed by atoms with van der Waals surface area (Å²) in [5, 5.41) is 5.58. The van der Waals surface area contributed by atoms with E-state index >= 15 is 0 Å². The van der Waals surface area contributed by atoms with Gasteiger partial charge in [-0.2, -0.15) is 0 Å². The Bertz CT molecular complexity index is 1380. The minimum Gasteiger partial charge on any atom is -0.731 e. The SMILES string of the molecule is COc1ccc(C(=O)NC(Cc2ccc(NS(=O)(=O)[O-])cc2)C(=O)NCc2ccc3c(c2)OCO3)cc1.[Na+]. The molecule has 38 heavy (non-hydrogen) atoms. The molecule has 2 amide bonds. The van der Waals surface area contributed by atoms with E-state index in [0.29, 0.717) is 28.4 Å². The van der Waals surface area contributed by atoms with E-state index in [1.54, 1.807) is 54.6 Å². The zero-order valence-corrected chi connectivity index (χ0v) is 23.5. The Labute approximate surface area is 242 Å². The molecule has 3 aromatic carbocycles. The van der Waals surface area contributed by atoms with Crippen LogP contribution in [0.25, 0.3) is 0 Å². The van der Waals surface area contributed by atoms with Crippen molar-refractivity contribution in [1.29, 1.82) is 0 Å². The van der Waals surface area contributed by atoms with Crippen LogP contribution in [-0.4, -0.2) is 44.7 Å². The Morgan fingerprint density at radius 1 is 0.974 bits per heavy atom. The summed E-state index contributed by atoms with van der Waals surface area (Å²) in [7, 11) is -3.15. The maximum absolute atomic E-state index is 13.1. The van der Waals surface area contributed by atoms with Gasteiger partial charge in [0.25, 0.3) is 5.91 Å². The number of rotatable bonds is 10. The first kappa shape index (κ1) is 29.3. The number of carbonyl (C=O) groups excluding carboxylic acids is 2. The predicted octanol–water partition coefficient (Wildman–Crippen LogP) is -1.04. The fourth-order valence-electron chi connectivity index (χ4n) is 3.65. The van der Waals surface area contributed by atoms with Gasteiger partial charge in [-0.25, -0.2) is 8.42 Å². The van der Waals surface area contributed by atoms with Crippen LogP contribution in [0.3, 0.4) is 0 Å². The Kier molecular flexibility index (Phi) is 10.00. The number of nitrogens with one attached hydrogen (secondary N) is 3. The van der Waals surface area contributed by atoms with E-state index in [0.717, 1.165) is 5.56 Å². The van der Waals surface area contributed by atoms with E-state index in [2.05, 4.69) is 10.6 Å². The second-order valence-electron chi connectivity index (χ2n) is 8.12. The molecule has 1 aliphatic heterocycles. The largest absolute Gasteiger partial charge is 1.00 e. The smallest absolute Gasteiger partial charge is 0.731 e. The molecule has 1 aliphatic rings. The topological polar surface area (TPSA) is 155 Å². The normalized spacial score (nSPS) is 12.6. The van der Waals surface area contributed by atoms with Crippen LogP contribution in [0, 0.1) is 0 Å². The molecule has 1 atom stereocenters. The minimum absolute atomic E-state index is 0. The van der Waals surface area contributed by atoms with Crippen LogP contribution in [0.5, 0.6) is 17.2 Å².